The quantitative estimate of drug-likeness (QED) is 0.575. The number of hydrogen-bond acceptors (Lipinski definition) is 5. The Hall–Kier alpha value is -2.67. The molecule has 3 aromatic rings. The van der Waals surface area contributed by atoms with Crippen molar-refractivity contribution >= 4 is 17.7 Å². The molecule has 1 saturated heterocycles. The highest BCUT2D eigenvalue weighted by molar-refractivity contribution is 7.99. The molecule has 30 heavy (non-hydrogen) atoms. The van der Waals surface area contributed by atoms with Crippen LogP contribution in [0.15, 0.2) is 47.8 Å². The van der Waals surface area contributed by atoms with Gasteiger partial charge in [0.2, 0.25) is 5.91 Å². The van der Waals surface area contributed by atoms with Gasteiger partial charge in [-0.15, -0.1) is 10.2 Å². The minimum Gasteiger partial charge on any atom is -0.342 e. The number of likely N-dealkylation sites (tertiary alicyclic amines) is 1. The zero-order chi connectivity index (χ0) is 21.1. The van der Waals surface area contributed by atoms with Crippen molar-refractivity contribution in [2.75, 3.05) is 18.8 Å². The van der Waals surface area contributed by atoms with Gasteiger partial charge in [-0.1, -0.05) is 42.4 Å². The highest BCUT2D eigenvalue weighted by Gasteiger charge is 2.23. The van der Waals surface area contributed by atoms with Gasteiger partial charge in [0.15, 0.2) is 11.0 Å². The summed E-state index contributed by atoms with van der Waals surface area (Å²) in [6, 6.07) is 12.1. The third kappa shape index (κ3) is 4.41. The van der Waals surface area contributed by atoms with Gasteiger partial charge in [0, 0.05) is 19.3 Å². The zero-order valence-electron chi connectivity index (χ0n) is 17.7. The summed E-state index contributed by atoms with van der Waals surface area (Å²) in [5, 5.41) is 9.57. The summed E-state index contributed by atoms with van der Waals surface area (Å²) in [6.45, 7) is 8.12. The molecule has 2 aromatic heterocycles. The molecular weight excluding hydrogens is 394 g/mol. The number of thioether (sulfide) groups is 1. The molecule has 0 atom stereocenters. The van der Waals surface area contributed by atoms with E-state index in [4.69, 9.17) is 0 Å². The Morgan fingerprint density at radius 3 is 2.63 bits per heavy atom. The summed E-state index contributed by atoms with van der Waals surface area (Å²) in [5.74, 6) is 1.92. The van der Waals surface area contributed by atoms with E-state index in [2.05, 4.69) is 54.2 Å². The predicted octanol–water partition coefficient (Wildman–Crippen LogP) is 4.30. The molecule has 0 radical (unpaired) electrons. The Balaban J connectivity index is 1.63. The number of piperidine rings is 1. The van der Waals surface area contributed by atoms with Crippen molar-refractivity contribution in [3.63, 3.8) is 0 Å². The monoisotopic (exact) mass is 421 g/mol. The maximum Gasteiger partial charge on any atom is 0.233 e. The highest BCUT2D eigenvalue weighted by atomic mass is 32.2. The Labute approximate surface area is 181 Å². The fourth-order valence-electron chi connectivity index (χ4n) is 3.77. The smallest absolute Gasteiger partial charge is 0.233 e. The van der Waals surface area contributed by atoms with Crippen LogP contribution in [-0.4, -0.2) is 49.4 Å². The van der Waals surface area contributed by atoms with Crippen LogP contribution in [0.2, 0.25) is 0 Å². The highest BCUT2D eigenvalue weighted by Crippen LogP contribution is 2.29. The molecule has 4 rings (SSSR count). The van der Waals surface area contributed by atoms with Crippen LogP contribution >= 0.6 is 11.8 Å². The Morgan fingerprint density at radius 1 is 1.13 bits per heavy atom. The van der Waals surface area contributed by atoms with E-state index in [-0.39, 0.29) is 5.91 Å². The number of aromatic nitrogens is 4. The molecule has 0 N–H and O–H groups in total. The fraction of sp³-hybridized carbons (Fsp3) is 0.391. The van der Waals surface area contributed by atoms with Gasteiger partial charge in [0.1, 0.15) is 5.69 Å². The van der Waals surface area contributed by atoms with E-state index in [0.29, 0.717) is 22.7 Å². The molecule has 0 aliphatic carbocycles. The SMILES string of the molecule is Cc1ccc(-n2c(SCC(=O)N3CCC(C)CC3)nnc2-c2ccccn2)c(C)c1. The van der Waals surface area contributed by atoms with Gasteiger partial charge in [-0.3, -0.25) is 14.3 Å². The lowest BCUT2D eigenvalue weighted by molar-refractivity contribution is -0.129. The van der Waals surface area contributed by atoms with Gasteiger partial charge in [-0.2, -0.15) is 0 Å². The molecule has 3 heterocycles. The summed E-state index contributed by atoms with van der Waals surface area (Å²) in [5.41, 5.74) is 4.10. The van der Waals surface area contributed by atoms with Crippen molar-refractivity contribution in [3.8, 4) is 17.2 Å². The van der Waals surface area contributed by atoms with Crippen LogP contribution in [0.4, 0.5) is 0 Å². The normalized spacial score (nSPS) is 14.8. The van der Waals surface area contributed by atoms with E-state index in [1.54, 1.807) is 6.20 Å². The van der Waals surface area contributed by atoms with Crippen LogP contribution < -0.4 is 0 Å². The zero-order valence-corrected chi connectivity index (χ0v) is 18.5. The van der Waals surface area contributed by atoms with Crippen molar-refractivity contribution in [1.82, 2.24) is 24.6 Å². The second kappa shape index (κ2) is 9.00. The van der Waals surface area contributed by atoms with Crippen LogP contribution in [0.5, 0.6) is 0 Å². The molecule has 0 spiro atoms. The van der Waals surface area contributed by atoms with Crippen molar-refractivity contribution in [1.29, 1.82) is 0 Å². The first kappa shape index (κ1) is 20.6. The van der Waals surface area contributed by atoms with Crippen molar-refractivity contribution in [2.24, 2.45) is 5.92 Å². The lowest BCUT2D eigenvalue weighted by atomic mass is 9.99. The third-order valence-electron chi connectivity index (χ3n) is 5.58. The van der Waals surface area contributed by atoms with Crippen molar-refractivity contribution in [3.05, 3.63) is 53.7 Å². The molecule has 0 bridgehead atoms. The largest absolute Gasteiger partial charge is 0.342 e. The summed E-state index contributed by atoms with van der Waals surface area (Å²) in [7, 11) is 0. The molecule has 0 saturated carbocycles. The number of carbonyl (C=O) groups excluding carboxylic acids is 1. The predicted molar refractivity (Wildman–Crippen MR) is 120 cm³/mol. The lowest BCUT2D eigenvalue weighted by Crippen LogP contribution is -2.38. The van der Waals surface area contributed by atoms with Gasteiger partial charge in [0.25, 0.3) is 0 Å². The molecule has 7 heteroatoms. The fourth-order valence-corrected chi connectivity index (χ4v) is 4.62. The molecule has 1 aromatic carbocycles. The van der Waals surface area contributed by atoms with E-state index in [1.807, 2.05) is 27.7 Å². The molecule has 1 aliphatic rings. The van der Waals surface area contributed by atoms with Crippen LogP contribution in [0, 0.1) is 19.8 Å². The van der Waals surface area contributed by atoms with Crippen LogP contribution in [0.25, 0.3) is 17.2 Å². The Morgan fingerprint density at radius 2 is 1.93 bits per heavy atom. The van der Waals surface area contributed by atoms with E-state index in [0.717, 1.165) is 42.9 Å². The summed E-state index contributed by atoms with van der Waals surface area (Å²) < 4.78 is 2.02. The van der Waals surface area contributed by atoms with E-state index >= 15 is 0 Å². The standard InChI is InChI=1S/C23H27N5OS/c1-16-9-12-27(13-10-16)21(29)15-30-23-26-25-22(19-6-4-5-11-24-19)28(23)20-8-7-17(2)14-18(20)3/h4-8,11,14,16H,9-10,12-13,15H2,1-3H3. The van der Waals surface area contributed by atoms with Crippen LogP contribution in [0.3, 0.4) is 0 Å². The first-order valence-electron chi connectivity index (χ1n) is 10.4. The summed E-state index contributed by atoms with van der Waals surface area (Å²) in [4.78, 5) is 19.2. The van der Waals surface area contributed by atoms with E-state index in [9.17, 15) is 4.79 Å². The van der Waals surface area contributed by atoms with E-state index < -0.39 is 0 Å². The topological polar surface area (TPSA) is 63.9 Å². The van der Waals surface area contributed by atoms with Gasteiger partial charge in [-0.05, 0) is 56.4 Å². The Bertz CT molecular complexity index is 1030. The Kier molecular flexibility index (Phi) is 6.18. The number of benzene rings is 1. The van der Waals surface area contributed by atoms with Gasteiger partial charge < -0.3 is 4.90 Å². The number of amides is 1. The maximum atomic E-state index is 12.7. The molecule has 6 nitrogen and oxygen atoms in total. The minimum atomic E-state index is 0.168. The number of hydrogen-bond donors (Lipinski definition) is 0. The molecule has 1 amide bonds. The lowest BCUT2D eigenvalue weighted by Gasteiger charge is -2.30. The average molecular weight is 422 g/mol. The van der Waals surface area contributed by atoms with Crippen molar-refractivity contribution in [2.45, 2.75) is 38.8 Å². The summed E-state index contributed by atoms with van der Waals surface area (Å²) in [6.07, 6.45) is 3.92. The van der Waals surface area contributed by atoms with Crippen LogP contribution in [0.1, 0.15) is 30.9 Å². The number of carbonyl (C=O) groups is 1. The minimum absolute atomic E-state index is 0.168. The first-order chi connectivity index (χ1) is 14.5. The summed E-state index contributed by atoms with van der Waals surface area (Å²) >= 11 is 1.44. The number of rotatable bonds is 5. The van der Waals surface area contributed by atoms with Crippen LogP contribution in [-0.2, 0) is 4.79 Å². The van der Waals surface area contributed by atoms with Crippen molar-refractivity contribution < 1.29 is 4.79 Å². The van der Waals surface area contributed by atoms with Gasteiger partial charge >= 0.3 is 0 Å². The first-order valence-corrected chi connectivity index (χ1v) is 11.4. The number of aryl methyl sites for hydroxylation is 2. The van der Waals surface area contributed by atoms with Gasteiger partial charge in [0.05, 0.1) is 11.4 Å². The number of nitrogens with zero attached hydrogens (tertiary/aromatic N) is 5. The number of pyridine rings is 1. The molecule has 1 fully saturated rings. The second-order valence-electron chi connectivity index (χ2n) is 8.00. The van der Waals surface area contributed by atoms with Gasteiger partial charge in [-0.25, -0.2) is 0 Å². The average Bonchev–Trinajstić information content (AvgIpc) is 3.17. The molecule has 0 unspecified atom stereocenters. The second-order valence-corrected chi connectivity index (χ2v) is 8.94. The molecular formula is C23H27N5OS. The molecule has 156 valence electrons. The third-order valence-corrected chi connectivity index (χ3v) is 6.50. The van der Waals surface area contributed by atoms with E-state index in [1.165, 1.54) is 17.3 Å². The molecule has 1 aliphatic heterocycles. The maximum absolute atomic E-state index is 12.7.